The molecule has 8 nitrogen and oxygen atoms in total. The highest BCUT2D eigenvalue weighted by atomic mass is 19.1. The Balaban J connectivity index is 1.22. The quantitative estimate of drug-likeness (QED) is 0.781. The van der Waals surface area contributed by atoms with Crippen LogP contribution >= 0.6 is 0 Å². The lowest BCUT2D eigenvalue weighted by molar-refractivity contribution is -0.118. The Morgan fingerprint density at radius 3 is 2.90 bits per heavy atom. The van der Waals surface area contributed by atoms with Gasteiger partial charge < -0.3 is 24.8 Å². The minimum Gasteiger partial charge on any atom is -0.491 e. The fourth-order valence-electron chi connectivity index (χ4n) is 3.86. The Kier molecular flexibility index (Phi) is 5.44. The highest BCUT2D eigenvalue weighted by Gasteiger charge is 2.27. The van der Waals surface area contributed by atoms with Gasteiger partial charge in [0.1, 0.15) is 24.8 Å². The first-order valence-electron chi connectivity index (χ1n) is 10.3. The molecule has 5 rings (SSSR count). The van der Waals surface area contributed by atoms with Crippen LogP contribution in [0, 0.1) is 5.82 Å². The van der Waals surface area contributed by atoms with Crippen LogP contribution in [0.1, 0.15) is 17.2 Å². The molecule has 0 aromatic heterocycles. The van der Waals surface area contributed by atoms with Crippen molar-refractivity contribution in [3.05, 3.63) is 53.3 Å². The first-order chi connectivity index (χ1) is 15.1. The fraction of sp³-hybridized carbons (Fsp3) is 0.364. The van der Waals surface area contributed by atoms with Gasteiger partial charge in [-0.2, -0.15) is 4.99 Å². The van der Waals surface area contributed by atoms with Gasteiger partial charge in [0.2, 0.25) is 5.91 Å². The van der Waals surface area contributed by atoms with Crippen molar-refractivity contribution >= 4 is 23.3 Å². The number of hydrogen-bond acceptors (Lipinski definition) is 7. The van der Waals surface area contributed by atoms with Crippen molar-refractivity contribution in [2.24, 2.45) is 4.99 Å². The number of nitrogens with one attached hydrogen (secondary N) is 2. The number of benzene rings is 2. The molecule has 1 atom stereocenters. The number of fused-ring (bicyclic) bond motifs is 2. The SMILES string of the molecule is O=C(CN1CCOCC1)Nc1ccc2c(c1)COC(NC1COc3cc(F)ccc31)=N2. The number of carbonyl (C=O) groups is 1. The summed E-state index contributed by atoms with van der Waals surface area (Å²) in [6.07, 6.45) is 0. The maximum Gasteiger partial charge on any atom is 0.290 e. The maximum atomic E-state index is 13.4. The lowest BCUT2D eigenvalue weighted by Crippen LogP contribution is -2.41. The van der Waals surface area contributed by atoms with E-state index in [9.17, 15) is 9.18 Å². The topological polar surface area (TPSA) is 84.4 Å². The normalized spacial score (nSPS) is 20.0. The van der Waals surface area contributed by atoms with Crippen molar-refractivity contribution in [3.63, 3.8) is 0 Å². The highest BCUT2D eigenvalue weighted by Crippen LogP contribution is 2.34. The van der Waals surface area contributed by atoms with Crippen LogP contribution < -0.4 is 15.4 Å². The van der Waals surface area contributed by atoms with E-state index in [-0.39, 0.29) is 17.8 Å². The number of amidine groups is 1. The van der Waals surface area contributed by atoms with Crippen molar-refractivity contribution in [1.29, 1.82) is 0 Å². The van der Waals surface area contributed by atoms with Gasteiger partial charge in [-0.3, -0.25) is 9.69 Å². The third-order valence-electron chi connectivity index (χ3n) is 5.47. The van der Waals surface area contributed by atoms with E-state index in [1.165, 1.54) is 12.1 Å². The Morgan fingerprint density at radius 1 is 1.16 bits per heavy atom. The lowest BCUT2D eigenvalue weighted by atomic mass is 10.1. The van der Waals surface area contributed by atoms with Crippen LogP contribution in [0.15, 0.2) is 41.4 Å². The number of carbonyl (C=O) groups excluding carboxylic acids is 1. The van der Waals surface area contributed by atoms with Crippen molar-refractivity contribution < 1.29 is 23.4 Å². The molecule has 162 valence electrons. The van der Waals surface area contributed by atoms with Crippen molar-refractivity contribution in [3.8, 4) is 5.75 Å². The van der Waals surface area contributed by atoms with E-state index in [0.29, 0.717) is 50.4 Å². The number of nitrogens with zero attached hydrogens (tertiary/aromatic N) is 2. The van der Waals surface area contributed by atoms with Crippen LogP contribution in [0.2, 0.25) is 0 Å². The fourth-order valence-corrected chi connectivity index (χ4v) is 3.86. The highest BCUT2D eigenvalue weighted by molar-refractivity contribution is 5.92. The number of hydrogen-bond donors (Lipinski definition) is 2. The van der Waals surface area contributed by atoms with Gasteiger partial charge in [0.15, 0.2) is 0 Å². The molecule has 31 heavy (non-hydrogen) atoms. The maximum absolute atomic E-state index is 13.4. The van der Waals surface area contributed by atoms with E-state index >= 15 is 0 Å². The number of morpholine rings is 1. The van der Waals surface area contributed by atoms with E-state index in [1.54, 1.807) is 6.07 Å². The van der Waals surface area contributed by atoms with Crippen molar-refractivity contribution in [1.82, 2.24) is 10.2 Å². The molecule has 1 amide bonds. The Morgan fingerprint density at radius 2 is 2.03 bits per heavy atom. The summed E-state index contributed by atoms with van der Waals surface area (Å²) in [5.41, 5.74) is 3.25. The summed E-state index contributed by atoms with van der Waals surface area (Å²) in [6, 6.07) is 10.3. The lowest BCUT2D eigenvalue weighted by Gasteiger charge is -2.26. The van der Waals surface area contributed by atoms with Crippen LogP contribution in [0.4, 0.5) is 15.8 Å². The smallest absolute Gasteiger partial charge is 0.290 e. The van der Waals surface area contributed by atoms with Gasteiger partial charge in [-0.05, 0) is 24.3 Å². The molecule has 3 heterocycles. The molecule has 2 N–H and O–H groups in total. The summed E-state index contributed by atoms with van der Waals surface area (Å²) in [7, 11) is 0. The standard InChI is InChI=1S/C22H23FN4O4/c23-15-1-3-17-19(13-30-20(17)10-15)26-22-25-18-4-2-16(9-14(18)12-31-22)24-21(28)11-27-5-7-29-8-6-27/h1-4,9-10,19H,5-8,11-13H2,(H,24,28)(H,25,26). The first kappa shape index (κ1) is 19.8. The molecule has 0 aliphatic carbocycles. The minimum absolute atomic E-state index is 0.0548. The predicted molar refractivity (Wildman–Crippen MR) is 112 cm³/mol. The van der Waals surface area contributed by atoms with E-state index in [0.717, 1.165) is 29.9 Å². The van der Waals surface area contributed by atoms with Crippen molar-refractivity contribution in [2.45, 2.75) is 12.6 Å². The summed E-state index contributed by atoms with van der Waals surface area (Å²) in [6.45, 7) is 3.90. The monoisotopic (exact) mass is 426 g/mol. The Labute approximate surface area is 179 Å². The molecular weight excluding hydrogens is 403 g/mol. The summed E-state index contributed by atoms with van der Waals surface area (Å²) in [5.74, 6) is 0.153. The Hall–Kier alpha value is -3.17. The van der Waals surface area contributed by atoms with Gasteiger partial charge in [-0.15, -0.1) is 0 Å². The zero-order valence-electron chi connectivity index (χ0n) is 16.9. The number of aliphatic imine (C=N–C) groups is 1. The molecule has 1 saturated heterocycles. The number of amides is 1. The summed E-state index contributed by atoms with van der Waals surface area (Å²) in [4.78, 5) is 18.9. The van der Waals surface area contributed by atoms with Gasteiger partial charge in [0.25, 0.3) is 6.02 Å². The van der Waals surface area contributed by atoms with Crippen LogP contribution in [-0.4, -0.2) is 56.3 Å². The predicted octanol–water partition coefficient (Wildman–Crippen LogP) is 2.34. The van der Waals surface area contributed by atoms with Crippen LogP contribution in [0.25, 0.3) is 0 Å². The number of anilines is 1. The molecule has 1 fully saturated rings. The molecule has 0 bridgehead atoms. The average Bonchev–Trinajstić information content (AvgIpc) is 3.16. The van der Waals surface area contributed by atoms with Gasteiger partial charge in [-0.1, -0.05) is 6.07 Å². The van der Waals surface area contributed by atoms with Gasteiger partial charge in [0, 0.05) is 36.0 Å². The van der Waals surface area contributed by atoms with E-state index in [1.807, 2.05) is 18.2 Å². The largest absolute Gasteiger partial charge is 0.491 e. The number of halogens is 1. The van der Waals surface area contributed by atoms with Gasteiger partial charge >= 0.3 is 0 Å². The van der Waals surface area contributed by atoms with E-state index < -0.39 is 0 Å². The molecule has 3 aliphatic heterocycles. The third-order valence-corrected chi connectivity index (χ3v) is 5.47. The second kappa shape index (κ2) is 8.52. The molecular formula is C22H23FN4O4. The molecule has 9 heteroatoms. The minimum atomic E-state index is -0.326. The number of ether oxygens (including phenoxy) is 3. The van der Waals surface area contributed by atoms with E-state index in [4.69, 9.17) is 14.2 Å². The summed E-state index contributed by atoms with van der Waals surface area (Å²) >= 11 is 0. The molecule has 0 saturated carbocycles. The molecule has 2 aromatic carbocycles. The molecule has 0 spiro atoms. The summed E-state index contributed by atoms with van der Waals surface area (Å²) < 4.78 is 30.0. The first-order valence-corrected chi connectivity index (χ1v) is 10.3. The molecule has 1 unspecified atom stereocenters. The molecule has 3 aliphatic rings. The third kappa shape index (κ3) is 4.47. The van der Waals surface area contributed by atoms with Gasteiger partial charge in [0.05, 0.1) is 31.5 Å². The van der Waals surface area contributed by atoms with Crippen LogP contribution in [0.3, 0.4) is 0 Å². The summed E-state index contributed by atoms with van der Waals surface area (Å²) in [5, 5.41) is 6.16. The second-order valence-electron chi connectivity index (χ2n) is 7.68. The van der Waals surface area contributed by atoms with Crippen molar-refractivity contribution in [2.75, 3.05) is 44.8 Å². The average molecular weight is 426 g/mol. The van der Waals surface area contributed by atoms with Gasteiger partial charge in [-0.25, -0.2) is 4.39 Å². The number of rotatable bonds is 4. The Bertz CT molecular complexity index is 1020. The zero-order valence-corrected chi connectivity index (χ0v) is 16.9. The van der Waals surface area contributed by atoms with Crippen LogP contribution in [-0.2, 0) is 20.9 Å². The molecule has 0 radical (unpaired) electrons. The second-order valence-corrected chi connectivity index (χ2v) is 7.68. The van der Waals surface area contributed by atoms with Crippen LogP contribution in [0.5, 0.6) is 5.75 Å². The molecule has 2 aromatic rings. The zero-order chi connectivity index (χ0) is 21.2. The van der Waals surface area contributed by atoms with E-state index in [2.05, 4.69) is 20.5 Å².